The molecular weight excluding hydrogens is 382 g/mol. The first-order valence-electron chi connectivity index (χ1n) is 10.5. The van der Waals surface area contributed by atoms with Crippen LogP contribution in [0.5, 0.6) is 11.5 Å². The van der Waals surface area contributed by atoms with Gasteiger partial charge in [-0.3, -0.25) is 0 Å². The lowest BCUT2D eigenvalue weighted by atomic mass is 9.65. The van der Waals surface area contributed by atoms with Crippen LogP contribution in [0.4, 0.5) is 4.79 Å². The Balaban J connectivity index is 1.58. The van der Waals surface area contributed by atoms with Gasteiger partial charge in [0.1, 0.15) is 6.61 Å². The summed E-state index contributed by atoms with van der Waals surface area (Å²) in [6.07, 6.45) is 2.19. The number of carbonyl (C=O) groups is 1. The van der Waals surface area contributed by atoms with Gasteiger partial charge in [0.05, 0.1) is 20.3 Å². The number of likely N-dealkylation sites (tertiary alicyclic amines) is 1. The molecule has 6 nitrogen and oxygen atoms in total. The van der Waals surface area contributed by atoms with E-state index < -0.39 is 6.10 Å². The fourth-order valence-corrected chi connectivity index (χ4v) is 5.03. The average Bonchev–Trinajstić information content (AvgIpc) is 3.17. The van der Waals surface area contributed by atoms with Crippen LogP contribution in [0.3, 0.4) is 0 Å². The summed E-state index contributed by atoms with van der Waals surface area (Å²) < 4.78 is 16.5. The highest BCUT2D eigenvalue weighted by molar-refractivity contribution is 5.69. The first-order valence-corrected chi connectivity index (χ1v) is 10.5. The maximum absolute atomic E-state index is 13.0. The van der Waals surface area contributed by atoms with Gasteiger partial charge < -0.3 is 24.2 Å². The van der Waals surface area contributed by atoms with E-state index in [9.17, 15) is 9.90 Å². The average molecular weight is 411 g/mol. The van der Waals surface area contributed by atoms with E-state index in [2.05, 4.69) is 6.07 Å². The van der Waals surface area contributed by atoms with Crippen LogP contribution in [-0.4, -0.2) is 49.0 Å². The van der Waals surface area contributed by atoms with Crippen molar-refractivity contribution < 1.29 is 24.1 Å². The van der Waals surface area contributed by atoms with Gasteiger partial charge in [-0.1, -0.05) is 36.4 Å². The van der Waals surface area contributed by atoms with E-state index in [0.717, 1.165) is 30.4 Å². The minimum absolute atomic E-state index is 0.109. The third-order valence-electron chi connectivity index (χ3n) is 6.63. The summed E-state index contributed by atoms with van der Waals surface area (Å²) in [7, 11) is 3.25. The fraction of sp³-hybridized carbons (Fsp3) is 0.458. The van der Waals surface area contributed by atoms with E-state index in [0.29, 0.717) is 24.5 Å². The highest BCUT2D eigenvalue weighted by Crippen LogP contribution is 2.50. The Morgan fingerprint density at radius 1 is 1.10 bits per heavy atom. The zero-order valence-corrected chi connectivity index (χ0v) is 17.5. The van der Waals surface area contributed by atoms with Crippen molar-refractivity contribution in [3.05, 3.63) is 59.7 Å². The number of hydrogen-bond donors (Lipinski definition) is 1. The van der Waals surface area contributed by atoms with Crippen molar-refractivity contribution in [2.75, 3.05) is 20.8 Å². The summed E-state index contributed by atoms with van der Waals surface area (Å²) in [5, 5.41) is 10.4. The molecule has 2 aliphatic rings. The number of carbonyl (C=O) groups excluding carboxylic acids is 1. The Morgan fingerprint density at radius 2 is 1.87 bits per heavy atom. The molecule has 0 radical (unpaired) electrons. The zero-order valence-electron chi connectivity index (χ0n) is 17.5. The van der Waals surface area contributed by atoms with Gasteiger partial charge in [-0.15, -0.1) is 0 Å². The lowest BCUT2D eigenvalue weighted by Gasteiger charge is -2.43. The van der Waals surface area contributed by atoms with Crippen LogP contribution < -0.4 is 9.47 Å². The van der Waals surface area contributed by atoms with Gasteiger partial charge >= 0.3 is 6.09 Å². The van der Waals surface area contributed by atoms with Crippen molar-refractivity contribution in [1.82, 2.24) is 4.90 Å². The van der Waals surface area contributed by atoms with E-state index in [1.165, 1.54) is 0 Å². The van der Waals surface area contributed by atoms with Crippen molar-refractivity contribution >= 4 is 6.09 Å². The van der Waals surface area contributed by atoms with E-state index in [1.807, 2.05) is 47.4 Å². The number of fused-ring (bicyclic) bond motifs is 1. The zero-order chi connectivity index (χ0) is 21.1. The summed E-state index contributed by atoms with van der Waals surface area (Å²) in [5.41, 5.74) is 1.86. The molecule has 0 aromatic heterocycles. The molecule has 0 bridgehead atoms. The lowest BCUT2D eigenvalue weighted by Crippen LogP contribution is -2.50. The van der Waals surface area contributed by atoms with Crippen LogP contribution in [-0.2, 0) is 16.8 Å². The summed E-state index contributed by atoms with van der Waals surface area (Å²) in [6, 6.07) is 15.6. The number of methoxy groups -OCH3 is 2. The molecule has 1 saturated carbocycles. The maximum atomic E-state index is 13.0. The number of amides is 1. The van der Waals surface area contributed by atoms with Gasteiger partial charge in [0.15, 0.2) is 11.5 Å². The normalized spacial score (nSPS) is 25.5. The highest BCUT2D eigenvalue weighted by Gasteiger charge is 2.53. The van der Waals surface area contributed by atoms with Crippen LogP contribution in [0.15, 0.2) is 48.5 Å². The van der Waals surface area contributed by atoms with Crippen molar-refractivity contribution in [2.24, 2.45) is 0 Å². The number of rotatable bonds is 5. The predicted molar refractivity (Wildman–Crippen MR) is 113 cm³/mol. The number of benzene rings is 2. The largest absolute Gasteiger partial charge is 0.493 e. The monoisotopic (exact) mass is 411 g/mol. The maximum Gasteiger partial charge on any atom is 0.410 e. The van der Waals surface area contributed by atoms with E-state index in [4.69, 9.17) is 14.2 Å². The van der Waals surface area contributed by atoms with Gasteiger partial charge in [-0.25, -0.2) is 4.79 Å². The molecule has 3 atom stereocenters. The van der Waals surface area contributed by atoms with Crippen LogP contribution in [0.1, 0.15) is 36.8 Å². The standard InChI is InChI=1S/C24H29NO5/c1-28-20-9-8-18(14-21(20)29-2)24-11-10-19(26)15-22(24)25(13-12-24)23(27)30-16-17-6-4-3-5-7-17/h3-9,14,19,22,26H,10-13,15-16H2,1-2H3/t19-,22+,24+/m0/s1. The second kappa shape index (κ2) is 8.56. The molecule has 0 spiro atoms. The second-order valence-corrected chi connectivity index (χ2v) is 8.15. The van der Waals surface area contributed by atoms with Gasteiger partial charge in [-0.05, 0) is 48.9 Å². The molecular formula is C24H29NO5. The third-order valence-corrected chi connectivity index (χ3v) is 6.63. The molecule has 1 saturated heterocycles. The van der Waals surface area contributed by atoms with E-state index in [-0.39, 0.29) is 24.2 Å². The summed E-state index contributed by atoms with van der Waals surface area (Å²) in [5.74, 6) is 1.36. The number of aliphatic hydroxyl groups excluding tert-OH is 1. The Bertz CT molecular complexity index is 886. The molecule has 1 heterocycles. The molecule has 30 heavy (non-hydrogen) atoms. The summed E-state index contributed by atoms with van der Waals surface area (Å²) in [6.45, 7) is 0.855. The highest BCUT2D eigenvalue weighted by atomic mass is 16.6. The van der Waals surface area contributed by atoms with Crippen LogP contribution in [0.2, 0.25) is 0 Å². The second-order valence-electron chi connectivity index (χ2n) is 8.15. The van der Waals surface area contributed by atoms with Gasteiger partial charge in [0, 0.05) is 18.0 Å². The molecule has 2 aromatic rings. The topological polar surface area (TPSA) is 68.2 Å². The minimum atomic E-state index is -0.411. The molecule has 1 aliphatic heterocycles. The minimum Gasteiger partial charge on any atom is -0.493 e. The van der Waals surface area contributed by atoms with Crippen molar-refractivity contribution in [3.8, 4) is 11.5 Å². The molecule has 0 unspecified atom stereocenters. The molecule has 2 fully saturated rings. The quantitative estimate of drug-likeness (QED) is 0.808. The first-order chi connectivity index (χ1) is 14.6. The number of hydrogen-bond acceptors (Lipinski definition) is 5. The number of ether oxygens (including phenoxy) is 3. The number of aliphatic hydroxyl groups is 1. The molecule has 1 amide bonds. The van der Waals surface area contributed by atoms with Gasteiger partial charge in [0.2, 0.25) is 0 Å². The van der Waals surface area contributed by atoms with E-state index in [1.54, 1.807) is 14.2 Å². The van der Waals surface area contributed by atoms with Crippen molar-refractivity contribution in [3.63, 3.8) is 0 Å². The molecule has 1 aliphatic carbocycles. The molecule has 1 N–H and O–H groups in total. The molecule has 2 aromatic carbocycles. The first kappa shape index (κ1) is 20.5. The molecule has 6 heteroatoms. The van der Waals surface area contributed by atoms with Crippen molar-refractivity contribution in [2.45, 2.75) is 49.9 Å². The van der Waals surface area contributed by atoms with Crippen LogP contribution >= 0.6 is 0 Å². The van der Waals surface area contributed by atoms with Gasteiger partial charge in [0.25, 0.3) is 0 Å². The summed E-state index contributed by atoms with van der Waals surface area (Å²) >= 11 is 0. The Labute approximate surface area is 177 Å². The summed E-state index contributed by atoms with van der Waals surface area (Å²) in [4.78, 5) is 14.8. The Hall–Kier alpha value is -2.73. The Morgan fingerprint density at radius 3 is 2.60 bits per heavy atom. The molecule has 160 valence electrons. The van der Waals surface area contributed by atoms with Crippen molar-refractivity contribution in [1.29, 1.82) is 0 Å². The third kappa shape index (κ3) is 3.72. The fourth-order valence-electron chi connectivity index (χ4n) is 5.03. The molecule has 4 rings (SSSR count). The smallest absolute Gasteiger partial charge is 0.410 e. The van der Waals surface area contributed by atoms with Crippen LogP contribution in [0.25, 0.3) is 0 Å². The lowest BCUT2D eigenvalue weighted by molar-refractivity contribution is 0.0373. The van der Waals surface area contributed by atoms with E-state index >= 15 is 0 Å². The SMILES string of the molecule is COc1ccc([C@]23CC[C@H](O)C[C@H]2N(C(=O)OCc2ccccc2)CC3)cc1OC. The predicted octanol–water partition coefficient (Wildman–Crippen LogP) is 3.90. The van der Waals surface area contributed by atoms with Gasteiger partial charge in [-0.2, -0.15) is 0 Å². The Kier molecular flexibility index (Phi) is 5.86. The van der Waals surface area contributed by atoms with Crippen LogP contribution in [0, 0.1) is 0 Å². The number of nitrogens with zero attached hydrogens (tertiary/aromatic N) is 1.